The van der Waals surface area contributed by atoms with Crippen LogP contribution >= 0.6 is 0 Å². The van der Waals surface area contributed by atoms with Gasteiger partial charge in [0.15, 0.2) is 0 Å². The molecule has 0 bridgehead atoms. The SMILES string of the molecule is CCCCN(CCO)CC(O)c1nc2c(OC)cccc2c(=O)[nH]1.COc1cccc2c(=O)[nH]c(C(O)CN3CC=CCC3)nc12. The van der Waals surface area contributed by atoms with Gasteiger partial charge in [0.2, 0.25) is 0 Å². The predicted molar refractivity (Wildman–Crippen MR) is 176 cm³/mol. The fraction of sp³-hybridized carbons (Fsp3) is 0.455. The number of aromatic nitrogens is 4. The van der Waals surface area contributed by atoms with Crippen molar-refractivity contribution in [2.24, 2.45) is 0 Å². The zero-order valence-electron chi connectivity index (χ0n) is 26.6. The highest BCUT2D eigenvalue weighted by molar-refractivity contribution is 5.84. The molecule has 0 aliphatic carbocycles. The second-order valence-corrected chi connectivity index (χ2v) is 11.0. The Morgan fingerprint density at radius 3 is 1.98 bits per heavy atom. The molecule has 0 radical (unpaired) electrons. The number of β-amino-alcohol motifs (C(OH)–C–C–N with tert-alkyl or cyclic N) is 1. The van der Waals surface area contributed by atoms with Crippen molar-refractivity contribution in [1.82, 2.24) is 29.7 Å². The van der Waals surface area contributed by atoms with Crippen molar-refractivity contribution < 1.29 is 24.8 Å². The molecule has 2 aromatic heterocycles. The molecule has 5 N–H and O–H groups in total. The van der Waals surface area contributed by atoms with E-state index in [4.69, 9.17) is 14.6 Å². The Hall–Kier alpha value is -4.14. The average Bonchev–Trinajstić information content (AvgIpc) is 3.07. The first-order valence-electron chi connectivity index (χ1n) is 15.5. The molecule has 0 saturated carbocycles. The molecule has 248 valence electrons. The van der Waals surface area contributed by atoms with Crippen molar-refractivity contribution in [1.29, 1.82) is 0 Å². The van der Waals surface area contributed by atoms with Crippen molar-refractivity contribution >= 4 is 21.8 Å². The Kier molecular flexibility index (Phi) is 12.8. The van der Waals surface area contributed by atoms with Gasteiger partial charge in [-0.15, -0.1) is 0 Å². The Bertz CT molecular complexity index is 1720. The number of unbranched alkanes of at least 4 members (excludes halogenated alkanes) is 1. The summed E-state index contributed by atoms with van der Waals surface area (Å²) in [5.41, 5.74) is 0.327. The summed E-state index contributed by atoms with van der Waals surface area (Å²) in [4.78, 5) is 42.6. The van der Waals surface area contributed by atoms with E-state index in [-0.39, 0.29) is 29.4 Å². The maximum atomic E-state index is 12.2. The molecular formula is C33H44N6O7. The molecule has 0 saturated heterocycles. The third kappa shape index (κ3) is 8.77. The number of ether oxygens (including phenoxy) is 2. The van der Waals surface area contributed by atoms with E-state index < -0.39 is 12.2 Å². The molecule has 4 aromatic rings. The van der Waals surface area contributed by atoms with E-state index in [2.05, 4.69) is 43.9 Å². The summed E-state index contributed by atoms with van der Waals surface area (Å²) < 4.78 is 10.5. The molecule has 0 fully saturated rings. The van der Waals surface area contributed by atoms with Crippen molar-refractivity contribution in [2.75, 3.05) is 60.1 Å². The summed E-state index contributed by atoms with van der Waals surface area (Å²) in [5.74, 6) is 1.50. The fourth-order valence-corrected chi connectivity index (χ4v) is 5.29. The van der Waals surface area contributed by atoms with Crippen molar-refractivity contribution in [3.05, 3.63) is 80.9 Å². The molecule has 2 unspecified atom stereocenters. The van der Waals surface area contributed by atoms with Gasteiger partial charge in [-0.05, 0) is 43.7 Å². The number of aromatic amines is 2. The maximum absolute atomic E-state index is 12.2. The molecule has 13 heteroatoms. The van der Waals surface area contributed by atoms with E-state index >= 15 is 0 Å². The number of aliphatic hydroxyl groups excluding tert-OH is 3. The van der Waals surface area contributed by atoms with Gasteiger partial charge in [-0.25, -0.2) is 9.97 Å². The quantitative estimate of drug-likeness (QED) is 0.136. The normalized spacial score (nSPS) is 14.7. The molecule has 1 aliphatic rings. The van der Waals surface area contributed by atoms with E-state index in [9.17, 15) is 19.8 Å². The lowest BCUT2D eigenvalue weighted by atomic mass is 10.2. The Morgan fingerprint density at radius 1 is 0.891 bits per heavy atom. The molecular weight excluding hydrogens is 592 g/mol. The summed E-state index contributed by atoms with van der Waals surface area (Å²) in [5, 5.41) is 30.9. The van der Waals surface area contributed by atoms with Gasteiger partial charge in [-0.3, -0.25) is 19.4 Å². The van der Waals surface area contributed by atoms with Crippen LogP contribution in [0.3, 0.4) is 0 Å². The number of hydrogen-bond acceptors (Lipinski definition) is 11. The second-order valence-electron chi connectivity index (χ2n) is 11.0. The standard InChI is InChI=1S/C17H25N3O4.C16H19N3O3/c1-3-4-8-20(9-10-21)11-13(22)16-18-15-12(17(23)19-16)6-5-7-14(15)24-2;1-22-13-7-5-6-11-14(13)17-15(18-16(11)21)12(20)10-19-8-3-2-4-9-19/h5-7,13,21-22H,3-4,8-11H2,1-2H3,(H,18,19,23);2-3,5-7,12,20H,4,8-10H2,1H3,(H,17,18,21). The van der Waals surface area contributed by atoms with Crippen molar-refractivity contribution in [2.45, 2.75) is 38.4 Å². The molecule has 5 rings (SSSR count). The van der Waals surface area contributed by atoms with Gasteiger partial charge in [0.05, 0.1) is 31.6 Å². The van der Waals surface area contributed by atoms with Gasteiger partial charge in [-0.1, -0.05) is 37.6 Å². The van der Waals surface area contributed by atoms with Gasteiger partial charge < -0.3 is 34.8 Å². The number of benzene rings is 2. The first kappa shape index (κ1) is 34.7. The zero-order valence-corrected chi connectivity index (χ0v) is 26.6. The molecule has 1 aliphatic heterocycles. The minimum absolute atomic E-state index is 0.0198. The lowest BCUT2D eigenvalue weighted by Gasteiger charge is -2.25. The lowest BCUT2D eigenvalue weighted by Crippen LogP contribution is -2.33. The Balaban J connectivity index is 0.000000209. The van der Waals surface area contributed by atoms with Crippen LogP contribution in [0, 0.1) is 0 Å². The van der Waals surface area contributed by atoms with Crippen molar-refractivity contribution in [3.63, 3.8) is 0 Å². The van der Waals surface area contributed by atoms with Crippen LogP contribution in [-0.2, 0) is 0 Å². The number of fused-ring (bicyclic) bond motifs is 2. The van der Waals surface area contributed by atoms with Crippen LogP contribution in [0.5, 0.6) is 11.5 Å². The number of nitrogens with one attached hydrogen (secondary N) is 2. The van der Waals surface area contributed by atoms with Crippen LogP contribution in [-0.4, -0.2) is 105 Å². The van der Waals surface area contributed by atoms with E-state index in [0.29, 0.717) is 52.9 Å². The summed E-state index contributed by atoms with van der Waals surface area (Å²) >= 11 is 0. The third-order valence-corrected chi connectivity index (χ3v) is 7.75. The molecule has 2 aromatic carbocycles. The van der Waals surface area contributed by atoms with Gasteiger partial charge in [-0.2, -0.15) is 0 Å². The third-order valence-electron chi connectivity index (χ3n) is 7.75. The van der Waals surface area contributed by atoms with Crippen molar-refractivity contribution in [3.8, 4) is 11.5 Å². The Morgan fingerprint density at radius 2 is 1.48 bits per heavy atom. The van der Waals surface area contributed by atoms with Crippen LogP contribution < -0.4 is 20.6 Å². The van der Waals surface area contributed by atoms with Gasteiger partial charge in [0.25, 0.3) is 11.1 Å². The highest BCUT2D eigenvalue weighted by Crippen LogP contribution is 2.23. The van der Waals surface area contributed by atoms with Gasteiger partial charge in [0, 0.05) is 32.7 Å². The summed E-state index contributed by atoms with van der Waals surface area (Å²) in [7, 11) is 3.05. The number of aliphatic hydroxyl groups is 3. The van der Waals surface area contributed by atoms with E-state index in [1.54, 1.807) is 36.4 Å². The number of methoxy groups -OCH3 is 2. The highest BCUT2D eigenvalue weighted by atomic mass is 16.5. The van der Waals surface area contributed by atoms with Crippen LogP contribution in [0.4, 0.5) is 0 Å². The molecule has 2 atom stereocenters. The minimum Gasteiger partial charge on any atom is -0.494 e. The van der Waals surface area contributed by atoms with Crippen LogP contribution in [0.25, 0.3) is 21.8 Å². The monoisotopic (exact) mass is 636 g/mol. The second kappa shape index (κ2) is 17.0. The molecule has 0 spiro atoms. The number of rotatable bonds is 13. The lowest BCUT2D eigenvalue weighted by molar-refractivity contribution is 0.0932. The smallest absolute Gasteiger partial charge is 0.258 e. The number of H-pyrrole nitrogens is 2. The molecule has 3 heterocycles. The topological polar surface area (TPSA) is 177 Å². The van der Waals surface area contributed by atoms with Crippen LogP contribution in [0.2, 0.25) is 0 Å². The summed E-state index contributed by atoms with van der Waals surface area (Å²) in [6, 6.07) is 10.3. The first-order chi connectivity index (χ1) is 22.3. The number of para-hydroxylation sites is 2. The van der Waals surface area contributed by atoms with Gasteiger partial charge >= 0.3 is 0 Å². The van der Waals surface area contributed by atoms with Crippen LogP contribution in [0.1, 0.15) is 50.0 Å². The maximum Gasteiger partial charge on any atom is 0.258 e. The summed E-state index contributed by atoms with van der Waals surface area (Å²) in [6.07, 6.45) is 5.40. The van der Waals surface area contributed by atoms with E-state index in [1.807, 2.05) is 4.90 Å². The largest absolute Gasteiger partial charge is 0.494 e. The minimum atomic E-state index is -0.949. The van der Waals surface area contributed by atoms with Gasteiger partial charge in [0.1, 0.15) is 46.4 Å². The molecule has 0 amide bonds. The number of hydrogen-bond donors (Lipinski definition) is 5. The van der Waals surface area contributed by atoms with E-state index in [0.717, 1.165) is 38.9 Å². The fourth-order valence-electron chi connectivity index (χ4n) is 5.29. The zero-order chi connectivity index (χ0) is 33.1. The molecule has 46 heavy (non-hydrogen) atoms. The first-order valence-corrected chi connectivity index (χ1v) is 15.5. The average molecular weight is 637 g/mol. The molecule has 13 nitrogen and oxygen atoms in total. The van der Waals surface area contributed by atoms with E-state index in [1.165, 1.54) is 14.2 Å². The predicted octanol–water partition coefficient (Wildman–Crippen LogP) is 2.29. The highest BCUT2D eigenvalue weighted by Gasteiger charge is 2.19. The Labute approximate surface area is 267 Å². The number of nitrogens with zero attached hydrogens (tertiary/aromatic N) is 4. The van der Waals surface area contributed by atoms with Crippen LogP contribution in [0.15, 0.2) is 58.1 Å². The summed E-state index contributed by atoms with van der Waals surface area (Å²) in [6.45, 7) is 5.78.